The fraction of sp³-hybridized carbons (Fsp3) is 0. The van der Waals surface area contributed by atoms with Gasteiger partial charge in [-0.3, -0.25) is 4.79 Å². The lowest BCUT2D eigenvalue weighted by Crippen LogP contribution is -1.96. The van der Waals surface area contributed by atoms with Gasteiger partial charge >= 0.3 is 5.97 Å². The van der Waals surface area contributed by atoms with E-state index >= 15 is 0 Å². The Bertz CT molecular complexity index is 291. The van der Waals surface area contributed by atoms with Crippen LogP contribution in [-0.2, 0) is 4.79 Å². The second kappa shape index (κ2) is 2.96. The first kappa shape index (κ1) is 7.47. The second-order valence-electron chi connectivity index (χ2n) is 1.99. The number of hydrogen-bond donors (Lipinski definition) is 1. The Morgan fingerprint density at radius 2 is 2.18 bits per heavy atom. The van der Waals surface area contributed by atoms with E-state index in [9.17, 15) is 9.59 Å². The normalized spacial score (nSPS) is 9.09. The molecule has 0 spiro atoms. The van der Waals surface area contributed by atoms with E-state index in [4.69, 9.17) is 5.11 Å². The third-order valence-corrected chi connectivity index (χ3v) is 1.23. The molecule has 0 saturated carbocycles. The molecule has 0 aliphatic heterocycles. The van der Waals surface area contributed by atoms with Gasteiger partial charge in [-0.05, 0) is 12.1 Å². The highest BCUT2D eigenvalue weighted by Gasteiger charge is 2.01. The molecule has 1 aromatic rings. The molecule has 1 N–H and O–H groups in total. The van der Waals surface area contributed by atoms with Crippen molar-refractivity contribution in [3.8, 4) is 0 Å². The number of hydrogen-bond acceptors (Lipinski definition) is 2. The predicted octanol–water partition coefficient (Wildman–Crippen LogP) is 0.843. The average molecular weight is 149 g/mol. The van der Waals surface area contributed by atoms with Gasteiger partial charge in [-0.2, -0.15) is 0 Å². The molecule has 0 amide bonds. The van der Waals surface area contributed by atoms with E-state index in [1.807, 2.05) is 0 Å². The maximum absolute atomic E-state index is 10.3. The number of benzene rings is 1. The summed E-state index contributed by atoms with van der Waals surface area (Å²) in [6, 6.07) is 5.70. The molecule has 55 valence electrons. The van der Waals surface area contributed by atoms with Gasteiger partial charge in [-0.25, -0.2) is 4.79 Å². The highest BCUT2D eigenvalue weighted by molar-refractivity contribution is 5.90. The number of aromatic carboxylic acids is 1. The minimum atomic E-state index is -1.04. The summed E-state index contributed by atoms with van der Waals surface area (Å²) >= 11 is 0. The summed E-state index contributed by atoms with van der Waals surface area (Å²) in [5.74, 6) is -1.04. The summed E-state index contributed by atoms with van der Waals surface area (Å²) in [6.45, 7) is 0. The monoisotopic (exact) mass is 149 g/mol. The smallest absolute Gasteiger partial charge is 0.335 e. The Kier molecular flexibility index (Phi) is 2.01. The minimum Gasteiger partial charge on any atom is -0.478 e. The largest absolute Gasteiger partial charge is 0.478 e. The SMILES string of the molecule is O=[C]c1cccc(C(=O)O)c1. The van der Waals surface area contributed by atoms with Crippen LogP contribution in [0.25, 0.3) is 0 Å². The molecular formula is C8H5O3. The van der Waals surface area contributed by atoms with E-state index in [0.717, 1.165) is 0 Å². The summed E-state index contributed by atoms with van der Waals surface area (Å²) in [7, 11) is 0. The van der Waals surface area contributed by atoms with Crippen LogP contribution in [0.2, 0.25) is 0 Å². The van der Waals surface area contributed by atoms with Gasteiger partial charge in [0.2, 0.25) is 6.29 Å². The lowest BCUT2D eigenvalue weighted by atomic mass is 10.1. The maximum atomic E-state index is 10.3. The van der Waals surface area contributed by atoms with Crippen LogP contribution >= 0.6 is 0 Å². The summed E-state index contributed by atoms with van der Waals surface area (Å²) in [5, 5.41) is 8.47. The first-order valence-electron chi connectivity index (χ1n) is 2.95. The topological polar surface area (TPSA) is 54.4 Å². The molecule has 11 heavy (non-hydrogen) atoms. The van der Waals surface area contributed by atoms with E-state index in [1.165, 1.54) is 24.3 Å². The van der Waals surface area contributed by atoms with Gasteiger partial charge in [0, 0.05) is 5.56 Å². The van der Waals surface area contributed by atoms with Crippen molar-refractivity contribution in [3.63, 3.8) is 0 Å². The fourth-order valence-corrected chi connectivity index (χ4v) is 0.716. The van der Waals surface area contributed by atoms with Crippen molar-refractivity contribution in [2.45, 2.75) is 0 Å². The van der Waals surface area contributed by atoms with Gasteiger partial charge in [-0.15, -0.1) is 0 Å². The third-order valence-electron chi connectivity index (χ3n) is 1.23. The van der Waals surface area contributed by atoms with E-state index in [2.05, 4.69) is 0 Å². The van der Waals surface area contributed by atoms with Crippen LogP contribution in [0.1, 0.15) is 15.9 Å². The van der Waals surface area contributed by atoms with Gasteiger partial charge in [0.15, 0.2) is 0 Å². The van der Waals surface area contributed by atoms with Gasteiger partial charge in [0.05, 0.1) is 5.56 Å². The van der Waals surface area contributed by atoms with Crippen molar-refractivity contribution in [3.05, 3.63) is 35.4 Å². The van der Waals surface area contributed by atoms with Crippen molar-refractivity contribution >= 4 is 12.3 Å². The maximum Gasteiger partial charge on any atom is 0.335 e. The number of carbonyl (C=O) groups is 1. The highest BCUT2D eigenvalue weighted by atomic mass is 16.4. The third kappa shape index (κ3) is 1.64. The quantitative estimate of drug-likeness (QED) is 0.677. The van der Waals surface area contributed by atoms with Gasteiger partial charge in [0.1, 0.15) is 0 Å². The van der Waals surface area contributed by atoms with Crippen LogP contribution in [0.3, 0.4) is 0 Å². The summed E-state index contributed by atoms with van der Waals surface area (Å²) in [5.41, 5.74) is 0.357. The molecule has 0 atom stereocenters. The average Bonchev–Trinajstić information content (AvgIpc) is 2.05. The molecular weight excluding hydrogens is 144 g/mol. The van der Waals surface area contributed by atoms with E-state index < -0.39 is 5.97 Å². The number of carboxylic acids is 1. The van der Waals surface area contributed by atoms with Crippen LogP contribution in [0.5, 0.6) is 0 Å². The molecule has 3 heteroatoms. The van der Waals surface area contributed by atoms with Crippen LogP contribution in [0.4, 0.5) is 0 Å². The highest BCUT2D eigenvalue weighted by Crippen LogP contribution is 2.02. The number of carbonyl (C=O) groups excluding carboxylic acids is 1. The fourth-order valence-electron chi connectivity index (χ4n) is 0.716. The molecule has 0 aliphatic carbocycles. The zero-order valence-electron chi connectivity index (χ0n) is 5.57. The molecule has 3 nitrogen and oxygen atoms in total. The second-order valence-corrected chi connectivity index (χ2v) is 1.99. The van der Waals surface area contributed by atoms with Crippen LogP contribution in [0.15, 0.2) is 24.3 Å². The lowest BCUT2D eigenvalue weighted by molar-refractivity contribution is 0.0697. The molecule has 0 aromatic heterocycles. The molecule has 0 aliphatic rings. The Hall–Kier alpha value is -1.64. The van der Waals surface area contributed by atoms with E-state index in [-0.39, 0.29) is 11.1 Å². The van der Waals surface area contributed by atoms with Crippen LogP contribution < -0.4 is 0 Å². The van der Waals surface area contributed by atoms with Crippen molar-refractivity contribution in [2.75, 3.05) is 0 Å². The molecule has 0 fully saturated rings. The lowest BCUT2D eigenvalue weighted by Gasteiger charge is -1.92. The molecule has 0 unspecified atom stereocenters. The Labute approximate surface area is 63.3 Å². The molecule has 0 saturated heterocycles. The zero-order chi connectivity index (χ0) is 8.27. The standard InChI is InChI=1S/C8H5O3/c9-5-6-2-1-3-7(4-6)8(10)11/h1-4H,(H,10,11). The number of rotatable bonds is 2. The first-order chi connectivity index (χ1) is 5.24. The Balaban J connectivity index is 3.10. The summed E-state index contributed by atoms with van der Waals surface area (Å²) < 4.78 is 0. The number of carboxylic acid groups (broad SMARTS) is 1. The molecule has 1 aromatic carbocycles. The summed E-state index contributed by atoms with van der Waals surface area (Å²) in [6.07, 6.45) is 1.61. The van der Waals surface area contributed by atoms with Gasteiger partial charge < -0.3 is 5.11 Å². The Morgan fingerprint density at radius 1 is 1.45 bits per heavy atom. The van der Waals surface area contributed by atoms with Crippen LogP contribution in [0, 0.1) is 0 Å². The Morgan fingerprint density at radius 3 is 2.73 bits per heavy atom. The van der Waals surface area contributed by atoms with E-state index in [0.29, 0.717) is 0 Å². The minimum absolute atomic E-state index is 0.103. The van der Waals surface area contributed by atoms with Crippen LogP contribution in [-0.4, -0.2) is 17.4 Å². The summed E-state index contributed by atoms with van der Waals surface area (Å²) in [4.78, 5) is 20.4. The van der Waals surface area contributed by atoms with Crippen molar-refractivity contribution in [1.82, 2.24) is 0 Å². The molecule has 0 heterocycles. The first-order valence-corrected chi connectivity index (χ1v) is 2.95. The molecule has 0 bridgehead atoms. The van der Waals surface area contributed by atoms with Gasteiger partial charge in [0.25, 0.3) is 0 Å². The molecule has 1 radical (unpaired) electrons. The molecule has 1 rings (SSSR count). The predicted molar refractivity (Wildman–Crippen MR) is 38.2 cm³/mol. The van der Waals surface area contributed by atoms with Crippen molar-refractivity contribution < 1.29 is 14.7 Å². The zero-order valence-corrected chi connectivity index (χ0v) is 5.57. The van der Waals surface area contributed by atoms with Crippen molar-refractivity contribution in [2.24, 2.45) is 0 Å². The van der Waals surface area contributed by atoms with Crippen molar-refractivity contribution in [1.29, 1.82) is 0 Å². The van der Waals surface area contributed by atoms with Gasteiger partial charge in [-0.1, -0.05) is 12.1 Å². The van der Waals surface area contributed by atoms with E-state index in [1.54, 1.807) is 6.29 Å².